The second kappa shape index (κ2) is 5.84. The van der Waals surface area contributed by atoms with E-state index in [0.29, 0.717) is 12.0 Å². The first-order valence-corrected chi connectivity index (χ1v) is 7.11. The molecule has 0 aliphatic carbocycles. The maximum atomic E-state index is 5.75. The summed E-state index contributed by atoms with van der Waals surface area (Å²) in [6, 6.07) is 0. The van der Waals surface area contributed by atoms with Crippen LogP contribution < -0.4 is 4.90 Å². The van der Waals surface area contributed by atoms with Crippen LogP contribution in [0.3, 0.4) is 0 Å². The third-order valence-electron chi connectivity index (χ3n) is 2.79. The molecule has 0 unspecified atom stereocenters. The molecule has 90 valence electrons. The number of anilines is 1. The molecular formula is C11H17ClN2OS. The van der Waals surface area contributed by atoms with Crippen molar-refractivity contribution in [1.29, 1.82) is 0 Å². The van der Waals surface area contributed by atoms with Gasteiger partial charge in [-0.2, -0.15) is 0 Å². The molecule has 0 saturated carbocycles. The van der Waals surface area contributed by atoms with Crippen LogP contribution >= 0.6 is 22.9 Å². The number of ether oxygens (including phenoxy) is 1. The summed E-state index contributed by atoms with van der Waals surface area (Å²) in [5, 5.41) is 3.14. The molecule has 16 heavy (non-hydrogen) atoms. The third kappa shape index (κ3) is 2.87. The fraction of sp³-hybridized carbons (Fsp3) is 0.727. The number of alkyl halides is 1. The molecule has 1 aliphatic heterocycles. The second-order valence-electron chi connectivity index (χ2n) is 3.90. The van der Waals surface area contributed by atoms with Crippen LogP contribution in [-0.4, -0.2) is 30.8 Å². The molecule has 1 fully saturated rings. The molecule has 5 heteroatoms. The first kappa shape index (κ1) is 12.1. The van der Waals surface area contributed by atoms with Gasteiger partial charge in [-0.05, 0) is 19.8 Å². The van der Waals surface area contributed by atoms with Gasteiger partial charge in [0.1, 0.15) is 0 Å². The fourth-order valence-electron chi connectivity index (χ4n) is 1.95. The molecule has 3 nitrogen and oxygen atoms in total. The van der Waals surface area contributed by atoms with Gasteiger partial charge in [-0.25, -0.2) is 4.98 Å². The normalized spacial score (nSPS) is 18.0. The number of nitrogens with zero attached hydrogens (tertiary/aromatic N) is 2. The lowest BCUT2D eigenvalue weighted by molar-refractivity contribution is 0.0459. The Hall–Kier alpha value is -0.320. The zero-order chi connectivity index (χ0) is 11.4. The first-order chi connectivity index (χ1) is 7.83. The maximum absolute atomic E-state index is 5.75. The Labute approximate surface area is 105 Å². The predicted octanol–water partition coefficient (Wildman–Crippen LogP) is 2.89. The van der Waals surface area contributed by atoms with Gasteiger partial charge in [-0.15, -0.1) is 22.9 Å². The zero-order valence-electron chi connectivity index (χ0n) is 9.49. The lowest BCUT2D eigenvalue weighted by Gasteiger charge is -2.31. The minimum Gasteiger partial charge on any atom is -0.378 e. The van der Waals surface area contributed by atoms with E-state index in [0.717, 1.165) is 43.4 Å². The number of aromatic nitrogens is 1. The summed E-state index contributed by atoms with van der Waals surface area (Å²) in [4.78, 5) is 6.82. The van der Waals surface area contributed by atoms with E-state index in [2.05, 4.69) is 16.8 Å². The molecular weight excluding hydrogens is 244 g/mol. The van der Waals surface area contributed by atoms with Crippen molar-refractivity contribution in [2.75, 3.05) is 24.6 Å². The number of halogens is 1. The van der Waals surface area contributed by atoms with Crippen molar-refractivity contribution in [2.24, 2.45) is 0 Å². The van der Waals surface area contributed by atoms with Crippen molar-refractivity contribution in [3.63, 3.8) is 0 Å². The van der Waals surface area contributed by atoms with E-state index < -0.39 is 0 Å². The third-order valence-corrected chi connectivity index (χ3v) is 4.02. The molecule has 2 rings (SSSR count). The van der Waals surface area contributed by atoms with Crippen molar-refractivity contribution >= 4 is 28.1 Å². The molecule has 0 N–H and O–H groups in total. The van der Waals surface area contributed by atoms with E-state index in [-0.39, 0.29) is 0 Å². The van der Waals surface area contributed by atoms with E-state index in [1.54, 1.807) is 11.3 Å². The van der Waals surface area contributed by atoms with Crippen molar-refractivity contribution in [2.45, 2.75) is 31.7 Å². The van der Waals surface area contributed by atoms with Crippen molar-refractivity contribution in [1.82, 2.24) is 4.98 Å². The highest BCUT2D eigenvalue weighted by molar-refractivity contribution is 7.13. The van der Waals surface area contributed by atoms with Crippen LogP contribution in [0.5, 0.6) is 0 Å². The van der Waals surface area contributed by atoms with Crippen molar-refractivity contribution in [3.05, 3.63) is 11.1 Å². The molecule has 1 saturated heterocycles. The van der Waals surface area contributed by atoms with E-state index in [4.69, 9.17) is 16.3 Å². The molecule has 0 radical (unpaired) electrons. The first-order valence-electron chi connectivity index (χ1n) is 5.70. The summed E-state index contributed by atoms with van der Waals surface area (Å²) < 4.78 is 5.63. The maximum Gasteiger partial charge on any atom is 0.185 e. The van der Waals surface area contributed by atoms with E-state index in [1.165, 1.54) is 0 Å². The number of piperidine rings is 1. The van der Waals surface area contributed by atoms with Crippen molar-refractivity contribution < 1.29 is 4.74 Å². The minimum absolute atomic E-state index is 0.439. The van der Waals surface area contributed by atoms with Gasteiger partial charge in [-0.3, -0.25) is 0 Å². The lowest BCUT2D eigenvalue weighted by atomic mass is 10.1. The lowest BCUT2D eigenvalue weighted by Crippen LogP contribution is -2.37. The van der Waals surface area contributed by atoms with Crippen LogP contribution in [0, 0.1) is 0 Å². The Morgan fingerprint density at radius 2 is 2.31 bits per heavy atom. The summed E-state index contributed by atoms with van der Waals surface area (Å²) >= 11 is 7.43. The summed E-state index contributed by atoms with van der Waals surface area (Å²) in [6.07, 6.45) is 2.64. The molecule has 0 amide bonds. The average Bonchev–Trinajstić information content (AvgIpc) is 2.79. The Balaban J connectivity index is 1.88. The number of hydrogen-bond donors (Lipinski definition) is 0. The topological polar surface area (TPSA) is 25.4 Å². The van der Waals surface area contributed by atoms with Gasteiger partial charge < -0.3 is 9.64 Å². The molecule has 0 spiro atoms. The number of thiazole rings is 1. The predicted molar refractivity (Wildman–Crippen MR) is 68.5 cm³/mol. The second-order valence-corrected chi connectivity index (χ2v) is 5.00. The molecule has 1 aromatic rings. The molecule has 1 aliphatic rings. The highest BCUT2D eigenvalue weighted by Crippen LogP contribution is 2.25. The van der Waals surface area contributed by atoms with Crippen molar-refractivity contribution in [3.8, 4) is 0 Å². The van der Waals surface area contributed by atoms with Crippen LogP contribution in [0.25, 0.3) is 0 Å². The zero-order valence-corrected chi connectivity index (χ0v) is 11.1. The highest BCUT2D eigenvalue weighted by atomic mass is 35.5. The molecule has 0 bridgehead atoms. The summed E-state index contributed by atoms with van der Waals surface area (Å²) in [6.45, 7) is 4.96. The van der Waals surface area contributed by atoms with Crippen LogP contribution in [0.1, 0.15) is 25.5 Å². The molecule has 2 heterocycles. The van der Waals surface area contributed by atoms with Crippen LogP contribution in [0.15, 0.2) is 5.38 Å². The monoisotopic (exact) mass is 260 g/mol. The fourth-order valence-corrected chi connectivity index (χ4v) is 3.06. The molecule has 0 aromatic carbocycles. The van der Waals surface area contributed by atoms with Gasteiger partial charge in [-0.1, -0.05) is 0 Å². The smallest absolute Gasteiger partial charge is 0.185 e. The Morgan fingerprint density at radius 1 is 1.56 bits per heavy atom. The number of rotatable bonds is 4. The van der Waals surface area contributed by atoms with Crippen LogP contribution in [0.2, 0.25) is 0 Å². The largest absolute Gasteiger partial charge is 0.378 e. The molecule has 0 atom stereocenters. The van der Waals surface area contributed by atoms with Crippen LogP contribution in [-0.2, 0) is 10.6 Å². The molecule has 1 aromatic heterocycles. The SMILES string of the molecule is CCOC1CCN(c2nc(CCl)cs2)CC1. The van der Waals surface area contributed by atoms with E-state index in [1.807, 2.05) is 5.38 Å². The van der Waals surface area contributed by atoms with Gasteiger partial charge in [0.15, 0.2) is 5.13 Å². The quantitative estimate of drug-likeness (QED) is 0.779. The Morgan fingerprint density at radius 3 is 2.88 bits per heavy atom. The van der Waals surface area contributed by atoms with Gasteiger partial charge >= 0.3 is 0 Å². The Bertz CT molecular complexity index is 324. The summed E-state index contributed by atoms with van der Waals surface area (Å²) in [5.74, 6) is 0.506. The minimum atomic E-state index is 0.439. The van der Waals surface area contributed by atoms with Gasteiger partial charge in [0.25, 0.3) is 0 Å². The summed E-state index contributed by atoms with van der Waals surface area (Å²) in [5.41, 5.74) is 0.980. The van der Waals surface area contributed by atoms with Gasteiger partial charge in [0.05, 0.1) is 17.7 Å². The van der Waals surface area contributed by atoms with Crippen LogP contribution in [0.4, 0.5) is 5.13 Å². The number of hydrogen-bond acceptors (Lipinski definition) is 4. The average molecular weight is 261 g/mol. The Kier molecular flexibility index (Phi) is 4.44. The van der Waals surface area contributed by atoms with Gasteiger partial charge in [0.2, 0.25) is 0 Å². The van der Waals surface area contributed by atoms with E-state index in [9.17, 15) is 0 Å². The van der Waals surface area contributed by atoms with E-state index >= 15 is 0 Å². The van der Waals surface area contributed by atoms with Gasteiger partial charge in [0, 0.05) is 25.1 Å². The standard InChI is InChI=1S/C11H17ClN2OS/c1-2-15-10-3-5-14(6-4-10)11-13-9(7-12)8-16-11/h8,10H,2-7H2,1H3. The highest BCUT2D eigenvalue weighted by Gasteiger charge is 2.21. The summed E-state index contributed by atoms with van der Waals surface area (Å²) in [7, 11) is 0.